The number of nitrogens with one attached hydrogen (secondary N) is 1. The van der Waals surface area contributed by atoms with Crippen LogP contribution in [-0.2, 0) is 11.2 Å². The number of rotatable bonds is 1. The first-order valence-corrected chi connectivity index (χ1v) is 7.41. The van der Waals surface area contributed by atoms with E-state index in [0.717, 1.165) is 31.5 Å². The van der Waals surface area contributed by atoms with Crippen molar-refractivity contribution in [3.63, 3.8) is 0 Å². The third kappa shape index (κ3) is 2.66. The SMILES string of the molecule is CC1(O)CCCN(C(=O)C2Cc3ccccc3N2)CC1. The number of nitrogens with zero attached hydrogens (tertiary/aromatic N) is 1. The van der Waals surface area contributed by atoms with Gasteiger partial charge in [-0.25, -0.2) is 0 Å². The van der Waals surface area contributed by atoms with Crippen molar-refractivity contribution in [2.45, 2.75) is 44.2 Å². The fraction of sp³-hybridized carbons (Fsp3) is 0.562. The molecule has 20 heavy (non-hydrogen) atoms. The van der Waals surface area contributed by atoms with Gasteiger partial charge in [0.2, 0.25) is 5.91 Å². The molecule has 0 saturated carbocycles. The highest BCUT2D eigenvalue weighted by Crippen LogP contribution is 2.27. The summed E-state index contributed by atoms with van der Waals surface area (Å²) in [5.41, 5.74) is 1.67. The molecule has 3 rings (SSSR count). The number of fused-ring (bicyclic) bond motifs is 1. The van der Waals surface area contributed by atoms with Crippen LogP contribution in [0.2, 0.25) is 0 Å². The van der Waals surface area contributed by atoms with Crippen LogP contribution in [0.5, 0.6) is 0 Å². The van der Waals surface area contributed by atoms with E-state index in [4.69, 9.17) is 0 Å². The lowest BCUT2D eigenvalue weighted by Crippen LogP contribution is -2.43. The standard InChI is InChI=1S/C16H22N2O2/c1-16(20)7-4-9-18(10-8-16)15(19)14-11-12-5-2-3-6-13(12)17-14/h2-3,5-6,14,17,20H,4,7-11H2,1H3. The fourth-order valence-corrected chi connectivity index (χ4v) is 3.15. The molecule has 2 aliphatic rings. The largest absolute Gasteiger partial charge is 0.390 e. The lowest BCUT2D eigenvalue weighted by atomic mass is 9.98. The van der Waals surface area contributed by atoms with Gasteiger partial charge in [0.15, 0.2) is 0 Å². The predicted molar refractivity (Wildman–Crippen MR) is 78.6 cm³/mol. The molecular formula is C16H22N2O2. The monoisotopic (exact) mass is 274 g/mol. The van der Waals surface area contributed by atoms with E-state index in [9.17, 15) is 9.90 Å². The van der Waals surface area contributed by atoms with Gasteiger partial charge in [-0.15, -0.1) is 0 Å². The molecule has 108 valence electrons. The first kappa shape index (κ1) is 13.4. The molecule has 2 unspecified atom stereocenters. The highest BCUT2D eigenvalue weighted by Gasteiger charge is 2.33. The van der Waals surface area contributed by atoms with Crippen molar-refractivity contribution in [1.82, 2.24) is 4.90 Å². The van der Waals surface area contributed by atoms with Gasteiger partial charge in [0.25, 0.3) is 0 Å². The summed E-state index contributed by atoms with van der Waals surface area (Å²) in [7, 11) is 0. The van der Waals surface area contributed by atoms with E-state index in [-0.39, 0.29) is 11.9 Å². The number of benzene rings is 1. The van der Waals surface area contributed by atoms with Gasteiger partial charge >= 0.3 is 0 Å². The van der Waals surface area contributed by atoms with E-state index >= 15 is 0 Å². The average Bonchev–Trinajstić information content (AvgIpc) is 2.77. The highest BCUT2D eigenvalue weighted by molar-refractivity contribution is 5.87. The van der Waals surface area contributed by atoms with Crippen molar-refractivity contribution in [3.8, 4) is 0 Å². The Morgan fingerprint density at radius 1 is 1.35 bits per heavy atom. The molecule has 1 aromatic carbocycles. The lowest BCUT2D eigenvalue weighted by molar-refractivity contribution is -0.132. The predicted octanol–water partition coefficient (Wildman–Crippen LogP) is 1.79. The quantitative estimate of drug-likeness (QED) is 0.821. The number of carbonyl (C=O) groups is 1. The molecule has 0 aliphatic carbocycles. The molecule has 0 radical (unpaired) electrons. The molecule has 1 amide bonds. The maximum Gasteiger partial charge on any atom is 0.245 e. The van der Waals surface area contributed by atoms with Gasteiger partial charge in [-0.3, -0.25) is 4.79 Å². The van der Waals surface area contributed by atoms with Gasteiger partial charge in [0.1, 0.15) is 6.04 Å². The third-order valence-corrected chi connectivity index (χ3v) is 4.44. The van der Waals surface area contributed by atoms with E-state index in [0.29, 0.717) is 13.0 Å². The van der Waals surface area contributed by atoms with Crippen LogP contribution in [-0.4, -0.2) is 40.6 Å². The smallest absolute Gasteiger partial charge is 0.245 e. The van der Waals surface area contributed by atoms with Crippen LogP contribution >= 0.6 is 0 Å². The van der Waals surface area contributed by atoms with Crippen LogP contribution < -0.4 is 5.32 Å². The van der Waals surface area contributed by atoms with Crippen molar-refractivity contribution in [2.75, 3.05) is 18.4 Å². The molecule has 2 heterocycles. The minimum absolute atomic E-state index is 0.143. The summed E-state index contributed by atoms with van der Waals surface area (Å²) in [5.74, 6) is 0.166. The molecule has 2 atom stereocenters. The van der Waals surface area contributed by atoms with E-state index in [1.54, 1.807) is 0 Å². The van der Waals surface area contributed by atoms with Gasteiger partial charge in [-0.1, -0.05) is 18.2 Å². The number of aliphatic hydroxyl groups is 1. The maximum absolute atomic E-state index is 12.6. The molecule has 2 aliphatic heterocycles. The topological polar surface area (TPSA) is 52.6 Å². The summed E-state index contributed by atoms with van der Waals surface area (Å²) in [4.78, 5) is 14.5. The Hall–Kier alpha value is -1.55. The number of para-hydroxylation sites is 1. The second-order valence-electron chi connectivity index (χ2n) is 6.23. The molecule has 0 spiro atoms. The number of carbonyl (C=O) groups excluding carboxylic acids is 1. The van der Waals surface area contributed by atoms with Gasteiger partial charge in [0, 0.05) is 25.2 Å². The van der Waals surface area contributed by atoms with Crippen LogP contribution in [0, 0.1) is 0 Å². The normalized spacial score (nSPS) is 29.5. The van der Waals surface area contributed by atoms with Crippen LogP contribution in [0.15, 0.2) is 24.3 Å². The Bertz CT molecular complexity index is 488. The zero-order valence-corrected chi connectivity index (χ0v) is 11.9. The van der Waals surface area contributed by atoms with Crippen molar-refractivity contribution in [1.29, 1.82) is 0 Å². The van der Waals surface area contributed by atoms with E-state index in [1.165, 1.54) is 5.56 Å². The van der Waals surface area contributed by atoms with Crippen LogP contribution in [0.4, 0.5) is 5.69 Å². The lowest BCUT2D eigenvalue weighted by Gasteiger charge is -2.25. The zero-order valence-electron chi connectivity index (χ0n) is 11.9. The van der Waals surface area contributed by atoms with Crippen LogP contribution in [0.3, 0.4) is 0 Å². The summed E-state index contributed by atoms with van der Waals surface area (Å²) in [5, 5.41) is 13.4. The molecular weight excluding hydrogens is 252 g/mol. The Kier molecular flexibility index (Phi) is 3.42. The van der Waals surface area contributed by atoms with E-state index < -0.39 is 5.60 Å². The number of anilines is 1. The van der Waals surface area contributed by atoms with Gasteiger partial charge in [-0.2, -0.15) is 0 Å². The molecule has 4 heteroatoms. The summed E-state index contributed by atoms with van der Waals surface area (Å²) in [6.45, 7) is 3.27. The summed E-state index contributed by atoms with van der Waals surface area (Å²) < 4.78 is 0. The van der Waals surface area contributed by atoms with Crippen molar-refractivity contribution in [2.24, 2.45) is 0 Å². The Morgan fingerprint density at radius 2 is 2.15 bits per heavy atom. The maximum atomic E-state index is 12.6. The molecule has 1 aromatic rings. The van der Waals surface area contributed by atoms with Gasteiger partial charge in [-0.05, 0) is 37.8 Å². The second kappa shape index (κ2) is 5.09. The summed E-state index contributed by atoms with van der Waals surface area (Å²) in [6.07, 6.45) is 3.08. The van der Waals surface area contributed by atoms with Crippen molar-refractivity contribution >= 4 is 11.6 Å². The van der Waals surface area contributed by atoms with E-state index in [1.807, 2.05) is 30.0 Å². The minimum Gasteiger partial charge on any atom is -0.390 e. The zero-order chi connectivity index (χ0) is 14.2. The number of hydrogen-bond acceptors (Lipinski definition) is 3. The first-order chi connectivity index (χ1) is 9.55. The Morgan fingerprint density at radius 3 is 2.95 bits per heavy atom. The van der Waals surface area contributed by atoms with Crippen molar-refractivity contribution < 1.29 is 9.90 Å². The first-order valence-electron chi connectivity index (χ1n) is 7.41. The second-order valence-corrected chi connectivity index (χ2v) is 6.23. The third-order valence-electron chi connectivity index (χ3n) is 4.44. The molecule has 2 N–H and O–H groups in total. The Balaban J connectivity index is 1.66. The molecule has 0 bridgehead atoms. The highest BCUT2D eigenvalue weighted by atomic mass is 16.3. The van der Waals surface area contributed by atoms with E-state index in [2.05, 4.69) is 11.4 Å². The molecule has 1 saturated heterocycles. The fourth-order valence-electron chi connectivity index (χ4n) is 3.15. The Labute approximate surface area is 119 Å². The average molecular weight is 274 g/mol. The summed E-state index contributed by atoms with van der Waals surface area (Å²) >= 11 is 0. The summed E-state index contributed by atoms with van der Waals surface area (Å²) in [6, 6.07) is 7.95. The van der Waals surface area contributed by atoms with Crippen LogP contribution in [0.25, 0.3) is 0 Å². The number of likely N-dealkylation sites (tertiary alicyclic amines) is 1. The molecule has 0 aromatic heterocycles. The molecule has 1 fully saturated rings. The van der Waals surface area contributed by atoms with Gasteiger partial charge in [0.05, 0.1) is 5.60 Å². The molecule has 4 nitrogen and oxygen atoms in total. The number of hydrogen-bond donors (Lipinski definition) is 2. The van der Waals surface area contributed by atoms with Crippen molar-refractivity contribution in [3.05, 3.63) is 29.8 Å². The van der Waals surface area contributed by atoms with Crippen LogP contribution in [0.1, 0.15) is 31.7 Å². The van der Waals surface area contributed by atoms with Gasteiger partial charge < -0.3 is 15.3 Å². The number of amides is 1. The minimum atomic E-state index is -0.624.